The summed E-state index contributed by atoms with van der Waals surface area (Å²) in [5, 5.41) is 5.42. The lowest BCUT2D eigenvalue weighted by molar-refractivity contribution is 0.163. The fraction of sp³-hybridized carbons (Fsp3) is 0.286. The Labute approximate surface area is 171 Å². The summed E-state index contributed by atoms with van der Waals surface area (Å²) in [5.74, 6) is 0.827. The molecule has 0 amide bonds. The Bertz CT molecular complexity index is 1060. The molecule has 0 spiro atoms. The number of sulfone groups is 1. The molecule has 1 N–H and O–H groups in total. The highest BCUT2D eigenvalue weighted by Crippen LogP contribution is 2.38. The van der Waals surface area contributed by atoms with E-state index in [1.165, 1.54) is 6.26 Å². The van der Waals surface area contributed by atoms with Crippen LogP contribution >= 0.6 is 12.4 Å². The Kier molecular flexibility index (Phi) is 6.23. The van der Waals surface area contributed by atoms with E-state index in [2.05, 4.69) is 10.3 Å². The van der Waals surface area contributed by atoms with Crippen molar-refractivity contribution in [3.63, 3.8) is 0 Å². The third kappa shape index (κ3) is 4.29. The Balaban J connectivity index is 0.00000225. The van der Waals surface area contributed by atoms with E-state index >= 15 is 0 Å². The van der Waals surface area contributed by atoms with Crippen LogP contribution in [0.15, 0.2) is 59.8 Å². The molecule has 28 heavy (non-hydrogen) atoms. The molecule has 2 aromatic carbocycles. The molecule has 5 nitrogen and oxygen atoms in total. The van der Waals surface area contributed by atoms with Crippen LogP contribution in [-0.2, 0) is 9.84 Å². The second kappa shape index (κ2) is 8.47. The smallest absolute Gasteiger partial charge is 0.175 e. The topological polar surface area (TPSA) is 68.3 Å². The molecular formula is C21H23ClN2O3S. The Morgan fingerprint density at radius 2 is 1.75 bits per heavy atom. The highest BCUT2D eigenvalue weighted by atomic mass is 35.5. The van der Waals surface area contributed by atoms with Gasteiger partial charge in [-0.15, -0.1) is 12.4 Å². The number of benzene rings is 2. The normalized spacial score (nSPS) is 15.2. The van der Waals surface area contributed by atoms with Gasteiger partial charge in [0.1, 0.15) is 11.9 Å². The fourth-order valence-electron chi connectivity index (χ4n) is 3.51. The minimum Gasteiger partial charge on any atom is -0.490 e. The summed E-state index contributed by atoms with van der Waals surface area (Å²) in [5.41, 5.74) is 1.91. The van der Waals surface area contributed by atoms with Crippen molar-refractivity contribution in [1.29, 1.82) is 0 Å². The van der Waals surface area contributed by atoms with Crippen LogP contribution in [0.25, 0.3) is 21.9 Å². The molecule has 0 saturated carbocycles. The molecule has 1 aliphatic heterocycles. The van der Waals surface area contributed by atoms with Gasteiger partial charge < -0.3 is 10.1 Å². The molecule has 7 heteroatoms. The lowest BCUT2D eigenvalue weighted by Gasteiger charge is -2.25. The second-order valence-corrected chi connectivity index (χ2v) is 8.91. The number of nitrogens with zero attached hydrogens (tertiary/aromatic N) is 1. The molecule has 0 aliphatic carbocycles. The summed E-state index contributed by atoms with van der Waals surface area (Å²) in [7, 11) is -3.23. The minimum atomic E-state index is -3.23. The number of aromatic nitrogens is 1. The average Bonchev–Trinajstić information content (AvgIpc) is 2.68. The van der Waals surface area contributed by atoms with Gasteiger partial charge in [-0.3, -0.25) is 4.98 Å². The van der Waals surface area contributed by atoms with Crippen LogP contribution in [0.5, 0.6) is 5.75 Å². The van der Waals surface area contributed by atoms with Gasteiger partial charge in [-0.2, -0.15) is 0 Å². The first-order valence-electron chi connectivity index (χ1n) is 9.07. The van der Waals surface area contributed by atoms with Gasteiger partial charge in [0.05, 0.1) is 4.90 Å². The van der Waals surface area contributed by atoms with Crippen molar-refractivity contribution in [1.82, 2.24) is 10.3 Å². The highest BCUT2D eigenvalue weighted by molar-refractivity contribution is 7.90. The van der Waals surface area contributed by atoms with Gasteiger partial charge in [0.15, 0.2) is 9.84 Å². The molecule has 1 fully saturated rings. The first-order chi connectivity index (χ1) is 13.0. The van der Waals surface area contributed by atoms with E-state index in [4.69, 9.17) is 4.74 Å². The van der Waals surface area contributed by atoms with E-state index in [0.717, 1.165) is 53.6 Å². The molecule has 0 radical (unpaired) electrons. The zero-order valence-electron chi connectivity index (χ0n) is 15.6. The van der Waals surface area contributed by atoms with Crippen LogP contribution in [0, 0.1) is 0 Å². The molecule has 1 aliphatic rings. The zero-order valence-corrected chi connectivity index (χ0v) is 17.2. The SMILES string of the molecule is CS(=O)(=O)c1ccc(-c2c(OC3CCNCC3)ccc3cnccc23)cc1.Cl. The van der Waals surface area contributed by atoms with E-state index in [0.29, 0.717) is 4.90 Å². The van der Waals surface area contributed by atoms with Crippen LogP contribution in [0.4, 0.5) is 0 Å². The van der Waals surface area contributed by atoms with Gasteiger partial charge in [-0.05, 0) is 67.2 Å². The predicted octanol–water partition coefficient (Wildman–Crippen LogP) is 3.86. The van der Waals surface area contributed by atoms with E-state index in [1.54, 1.807) is 18.3 Å². The maximum absolute atomic E-state index is 11.8. The van der Waals surface area contributed by atoms with Crippen molar-refractivity contribution in [3.05, 3.63) is 54.9 Å². The first kappa shape index (κ1) is 20.6. The molecule has 1 saturated heterocycles. The summed E-state index contributed by atoms with van der Waals surface area (Å²) in [6.45, 7) is 1.92. The Morgan fingerprint density at radius 3 is 2.43 bits per heavy atom. The van der Waals surface area contributed by atoms with Gasteiger partial charge in [-0.25, -0.2) is 8.42 Å². The van der Waals surface area contributed by atoms with Gasteiger partial charge >= 0.3 is 0 Å². The quantitative estimate of drug-likeness (QED) is 0.696. The summed E-state index contributed by atoms with van der Waals surface area (Å²) < 4.78 is 29.9. The lowest BCUT2D eigenvalue weighted by atomic mass is 9.98. The van der Waals surface area contributed by atoms with Gasteiger partial charge in [-0.1, -0.05) is 12.1 Å². The molecule has 3 aromatic rings. The van der Waals surface area contributed by atoms with Crippen molar-refractivity contribution < 1.29 is 13.2 Å². The first-order valence-corrected chi connectivity index (χ1v) is 11.0. The van der Waals surface area contributed by atoms with Crippen LogP contribution < -0.4 is 10.1 Å². The number of rotatable bonds is 4. The summed E-state index contributed by atoms with van der Waals surface area (Å²) in [6.07, 6.45) is 6.95. The van der Waals surface area contributed by atoms with E-state index < -0.39 is 9.84 Å². The molecule has 148 valence electrons. The zero-order chi connectivity index (χ0) is 18.9. The lowest BCUT2D eigenvalue weighted by Crippen LogP contribution is -2.34. The number of halogens is 1. The molecule has 4 rings (SSSR count). The monoisotopic (exact) mass is 418 g/mol. The maximum atomic E-state index is 11.8. The number of ether oxygens (including phenoxy) is 1. The van der Waals surface area contributed by atoms with Crippen molar-refractivity contribution >= 4 is 33.0 Å². The molecule has 1 aromatic heterocycles. The number of nitrogens with one attached hydrogen (secondary N) is 1. The predicted molar refractivity (Wildman–Crippen MR) is 114 cm³/mol. The molecule has 0 bridgehead atoms. The number of fused-ring (bicyclic) bond motifs is 1. The van der Waals surface area contributed by atoms with E-state index in [-0.39, 0.29) is 18.5 Å². The number of pyridine rings is 1. The molecule has 2 heterocycles. The molecular weight excluding hydrogens is 396 g/mol. The average molecular weight is 419 g/mol. The van der Waals surface area contributed by atoms with E-state index in [9.17, 15) is 8.42 Å². The Hall–Kier alpha value is -2.15. The van der Waals surface area contributed by atoms with Crippen LogP contribution in [-0.4, -0.2) is 38.9 Å². The van der Waals surface area contributed by atoms with Crippen LogP contribution in [0.3, 0.4) is 0 Å². The van der Waals surface area contributed by atoms with Gasteiger partial charge in [0, 0.05) is 29.6 Å². The molecule has 0 unspecified atom stereocenters. The van der Waals surface area contributed by atoms with Crippen molar-refractivity contribution in [2.45, 2.75) is 23.8 Å². The maximum Gasteiger partial charge on any atom is 0.175 e. The van der Waals surface area contributed by atoms with Crippen molar-refractivity contribution in [3.8, 4) is 16.9 Å². The van der Waals surface area contributed by atoms with Gasteiger partial charge in [0.25, 0.3) is 0 Å². The minimum absolute atomic E-state index is 0. The third-order valence-electron chi connectivity index (χ3n) is 4.93. The van der Waals surface area contributed by atoms with Crippen molar-refractivity contribution in [2.75, 3.05) is 19.3 Å². The van der Waals surface area contributed by atoms with Crippen molar-refractivity contribution in [2.24, 2.45) is 0 Å². The standard InChI is InChI=1S/C21H22N2O3S.ClH/c1-27(24,25)18-5-2-15(3-6-18)21-19-10-13-23-14-16(19)4-7-20(21)26-17-8-11-22-12-9-17;/h2-7,10,13-14,17,22H,8-9,11-12H2,1H3;1H. The second-order valence-electron chi connectivity index (χ2n) is 6.90. The fourth-order valence-corrected chi connectivity index (χ4v) is 4.14. The summed E-state index contributed by atoms with van der Waals surface area (Å²) in [6, 6.07) is 13.0. The number of piperidine rings is 1. The largest absolute Gasteiger partial charge is 0.490 e. The van der Waals surface area contributed by atoms with E-state index in [1.807, 2.05) is 36.5 Å². The highest BCUT2D eigenvalue weighted by Gasteiger charge is 2.19. The number of hydrogen-bond acceptors (Lipinski definition) is 5. The summed E-state index contributed by atoms with van der Waals surface area (Å²) in [4.78, 5) is 4.52. The van der Waals surface area contributed by atoms with Crippen LogP contribution in [0.1, 0.15) is 12.8 Å². The van der Waals surface area contributed by atoms with Gasteiger partial charge in [0.2, 0.25) is 0 Å². The number of hydrogen-bond donors (Lipinski definition) is 1. The molecule has 0 atom stereocenters. The third-order valence-corrected chi connectivity index (χ3v) is 6.06. The summed E-state index contributed by atoms with van der Waals surface area (Å²) >= 11 is 0. The Morgan fingerprint density at radius 1 is 1.04 bits per heavy atom. The van der Waals surface area contributed by atoms with Crippen LogP contribution in [0.2, 0.25) is 0 Å².